The van der Waals surface area contributed by atoms with Gasteiger partial charge in [0.05, 0.1) is 4.36 Å². The maximum atomic E-state index is 5.59. The summed E-state index contributed by atoms with van der Waals surface area (Å²) in [6, 6.07) is 0. The molecule has 1 rings (SSSR count). The van der Waals surface area contributed by atoms with Crippen LogP contribution in [0.3, 0.4) is 0 Å². The minimum absolute atomic E-state index is 0.891. The van der Waals surface area contributed by atoms with Crippen molar-refractivity contribution >= 4 is 23.4 Å². The summed E-state index contributed by atoms with van der Waals surface area (Å²) >= 11 is 7.25. The van der Waals surface area contributed by atoms with Gasteiger partial charge in [-0.05, 0) is 6.08 Å². The molecule has 0 bridgehead atoms. The van der Waals surface area contributed by atoms with E-state index in [0.717, 1.165) is 10.1 Å². The van der Waals surface area contributed by atoms with Gasteiger partial charge in [-0.25, -0.2) is 0 Å². The molecule has 0 aromatic heterocycles. The van der Waals surface area contributed by atoms with Crippen molar-refractivity contribution in [3.63, 3.8) is 0 Å². The molecule has 0 saturated heterocycles. The van der Waals surface area contributed by atoms with Crippen LogP contribution in [0.15, 0.2) is 22.6 Å². The molecule has 7 heavy (non-hydrogen) atoms. The first-order valence-electron chi connectivity index (χ1n) is 2.05. The maximum absolute atomic E-state index is 5.59. The van der Waals surface area contributed by atoms with Gasteiger partial charge in [0.2, 0.25) is 0 Å². The van der Waals surface area contributed by atoms with Crippen LogP contribution in [-0.4, -0.2) is 5.75 Å². The zero-order valence-corrected chi connectivity index (χ0v) is 5.30. The van der Waals surface area contributed by atoms with E-state index in [-0.39, 0.29) is 0 Å². The predicted molar refractivity (Wildman–Crippen MR) is 35.5 cm³/mol. The standard InChI is InChI=1S/C5H5ClS/c6-5-3-1-2-4-7-5/h1-3H,4H2. The predicted octanol–water partition coefficient (Wildman–Crippen LogP) is 2.37. The Morgan fingerprint density at radius 2 is 2.57 bits per heavy atom. The van der Waals surface area contributed by atoms with Gasteiger partial charge in [0.25, 0.3) is 0 Å². The highest BCUT2D eigenvalue weighted by molar-refractivity contribution is 8.04. The van der Waals surface area contributed by atoms with Gasteiger partial charge in [-0.1, -0.05) is 23.8 Å². The van der Waals surface area contributed by atoms with E-state index < -0.39 is 0 Å². The molecule has 0 aromatic carbocycles. The fourth-order valence-corrected chi connectivity index (χ4v) is 1.18. The van der Waals surface area contributed by atoms with Crippen molar-refractivity contribution in [3.05, 3.63) is 22.6 Å². The molecule has 0 atom stereocenters. The van der Waals surface area contributed by atoms with Gasteiger partial charge < -0.3 is 0 Å². The van der Waals surface area contributed by atoms with Crippen molar-refractivity contribution < 1.29 is 0 Å². The first-order chi connectivity index (χ1) is 3.39. The number of allylic oxidation sites excluding steroid dienone is 2. The van der Waals surface area contributed by atoms with Crippen LogP contribution in [0.4, 0.5) is 0 Å². The maximum Gasteiger partial charge on any atom is 0.0737 e. The highest BCUT2D eigenvalue weighted by Crippen LogP contribution is 2.22. The van der Waals surface area contributed by atoms with Crippen LogP contribution in [0.25, 0.3) is 0 Å². The summed E-state index contributed by atoms with van der Waals surface area (Å²) in [5, 5.41) is 0. The topological polar surface area (TPSA) is 0 Å². The summed E-state index contributed by atoms with van der Waals surface area (Å²) in [5.41, 5.74) is 0. The van der Waals surface area contributed by atoms with E-state index in [0.29, 0.717) is 0 Å². The van der Waals surface area contributed by atoms with Crippen molar-refractivity contribution in [1.29, 1.82) is 0 Å². The SMILES string of the molecule is ClC1=CC=CCS1. The highest BCUT2D eigenvalue weighted by Gasteiger charge is 1.91. The third-order valence-corrected chi connectivity index (χ3v) is 1.91. The van der Waals surface area contributed by atoms with E-state index in [1.807, 2.05) is 12.2 Å². The molecule has 0 saturated carbocycles. The molecule has 1 heterocycles. The lowest BCUT2D eigenvalue weighted by Gasteiger charge is -1.96. The van der Waals surface area contributed by atoms with Crippen LogP contribution in [0.1, 0.15) is 0 Å². The van der Waals surface area contributed by atoms with Crippen LogP contribution in [0, 0.1) is 0 Å². The lowest BCUT2D eigenvalue weighted by Crippen LogP contribution is -1.73. The lowest BCUT2D eigenvalue weighted by atomic mass is 10.5. The van der Waals surface area contributed by atoms with Crippen LogP contribution in [0.2, 0.25) is 0 Å². The molecular formula is C5H5ClS. The largest absolute Gasteiger partial charge is 0.110 e. The third kappa shape index (κ3) is 1.58. The average molecular weight is 133 g/mol. The van der Waals surface area contributed by atoms with E-state index in [9.17, 15) is 0 Å². The van der Waals surface area contributed by atoms with Crippen molar-refractivity contribution in [2.75, 3.05) is 5.75 Å². The molecule has 0 unspecified atom stereocenters. The zero-order valence-electron chi connectivity index (χ0n) is 3.73. The molecule has 0 radical (unpaired) electrons. The Bertz CT molecular complexity index is 115. The molecule has 0 aromatic rings. The van der Waals surface area contributed by atoms with Crippen LogP contribution in [0.5, 0.6) is 0 Å². The van der Waals surface area contributed by atoms with E-state index in [2.05, 4.69) is 6.08 Å². The molecule has 0 amide bonds. The molecule has 1 aliphatic heterocycles. The van der Waals surface area contributed by atoms with Crippen molar-refractivity contribution in [3.8, 4) is 0 Å². The summed E-state index contributed by atoms with van der Waals surface area (Å²) in [5.74, 6) is 1.02. The summed E-state index contributed by atoms with van der Waals surface area (Å²) in [7, 11) is 0. The second kappa shape index (κ2) is 2.43. The monoisotopic (exact) mass is 132 g/mol. The van der Waals surface area contributed by atoms with Gasteiger partial charge >= 0.3 is 0 Å². The summed E-state index contributed by atoms with van der Waals surface area (Å²) in [4.78, 5) is 0. The fraction of sp³-hybridized carbons (Fsp3) is 0.200. The second-order valence-electron chi connectivity index (χ2n) is 1.21. The van der Waals surface area contributed by atoms with Crippen LogP contribution < -0.4 is 0 Å². The molecule has 0 nitrogen and oxygen atoms in total. The molecular weight excluding hydrogens is 128 g/mol. The van der Waals surface area contributed by atoms with Crippen molar-refractivity contribution in [2.24, 2.45) is 0 Å². The number of hydrogen-bond acceptors (Lipinski definition) is 1. The molecule has 1 aliphatic rings. The van der Waals surface area contributed by atoms with Gasteiger partial charge in [0.1, 0.15) is 0 Å². The van der Waals surface area contributed by atoms with Crippen LogP contribution in [-0.2, 0) is 0 Å². The zero-order chi connectivity index (χ0) is 5.11. The lowest BCUT2D eigenvalue weighted by molar-refractivity contribution is 1.73. The number of hydrogen-bond donors (Lipinski definition) is 0. The van der Waals surface area contributed by atoms with E-state index in [1.165, 1.54) is 0 Å². The Labute approximate surface area is 52.2 Å². The number of halogens is 1. The Morgan fingerprint density at radius 1 is 1.71 bits per heavy atom. The molecule has 0 spiro atoms. The summed E-state index contributed by atoms with van der Waals surface area (Å²) in [6.45, 7) is 0. The summed E-state index contributed by atoms with van der Waals surface area (Å²) < 4.78 is 0.891. The minimum Gasteiger partial charge on any atom is -0.110 e. The minimum atomic E-state index is 0.891. The first-order valence-corrected chi connectivity index (χ1v) is 3.41. The van der Waals surface area contributed by atoms with E-state index >= 15 is 0 Å². The molecule has 0 fully saturated rings. The van der Waals surface area contributed by atoms with Gasteiger partial charge in [-0.2, -0.15) is 0 Å². The Hall–Kier alpha value is 0.120. The Morgan fingerprint density at radius 3 is 2.86 bits per heavy atom. The summed E-state index contributed by atoms with van der Waals surface area (Å²) in [6.07, 6.45) is 5.95. The molecule has 0 N–H and O–H groups in total. The normalized spacial score (nSPS) is 19.3. The van der Waals surface area contributed by atoms with Crippen LogP contribution >= 0.6 is 23.4 Å². The number of rotatable bonds is 0. The fourth-order valence-electron chi connectivity index (χ4n) is 0.375. The second-order valence-corrected chi connectivity index (χ2v) is 2.90. The third-order valence-electron chi connectivity index (χ3n) is 0.681. The quantitative estimate of drug-likeness (QED) is 0.488. The first kappa shape index (κ1) is 5.26. The molecule has 2 heteroatoms. The van der Waals surface area contributed by atoms with E-state index in [1.54, 1.807) is 11.8 Å². The van der Waals surface area contributed by atoms with Gasteiger partial charge in [0.15, 0.2) is 0 Å². The molecule has 38 valence electrons. The average Bonchev–Trinajstić information content (AvgIpc) is 1.69. The van der Waals surface area contributed by atoms with Gasteiger partial charge in [0, 0.05) is 5.75 Å². The smallest absolute Gasteiger partial charge is 0.0737 e. The Kier molecular flexibility index (Phi) is 1.83. The number of thioether (sulfide) groups is 1. The Balaban J connectivity index is 2.57. The van der Waals surface area contributed by atoms with Crippen molar-refractivity contribution in [2.45, 2.75) is 0 Å². The van der Waals surface area contributed by atoms with Crippen molar-refractivity contribution in [1.82, 2.24) is 0 Å². The van der Waals surface area contributed by atoms with Gasteiger partial charge in [-0.3, -0.25) is 0 Å². The molecule has 0 aliphatic carbocycles. The highest BCUT2D eigenvalue weighted by atomic mass is 35.5. The van der Waals surface area contributed by atoms with E-state index in [4.69, 9.17) is 11.6 Å². The van der Waals surface area contributed by atoms with Gasteiger partial charge in [-0.15, -0.1) is 11.8 Å².